The van der Waals surface area contributed by atoms with Crippen LogP contribution < -0.4 is 0 Å². The predicted octanol–water partition coefficient (Wildman–Crippen LogP) is 4.63. The second-order valence-electron chi connectivity index (χ2n) is 5.20. The molecule has 0 fully saturated rings. The molecular weight excluding hydrogens is 330 g/mol. The number of nitrogens with zero attached hydrogens (tertiary/aromatic N) is 2. The van der Waals surface area contributed by atoms with E-state index in [-0.39, 0.29) is 11.1 Å². The maximum atomic E-state index is 14.3. The molecule has 7 heteroatoms. The Hall–Kier alpha value is -2.93. The van der Waals surface area contributed by atoms with Crippen LogP contribution in [0.25, 0.3) is 33.5 Å². The number of rotatable bonds is 2. The average molecular weight is 340 g/mol. The van der Waals surface area contributed by atoms with Gasteiger partial charge in [-0.05, 0) is 36.5 Å². The zero-order chi connectivity index (χ0) is 16.7. The summed E-state index contributed by atoms with van der Waals surface area (Å²) in [6.45, 7) is 0. The molecule has 0 aliphatic rings. The first kappa shape index (κ1) is 14.6. The number of hydrogen-bond donors (Lipinski definition) is 2. The van der Waals surface area contributed by atoms with Gasteiger partial charge in [-0.1, -0.05) is 12.1 Å². The standard InChI is InChI=1S/C17H10F2N4S/c18-12-4-2-1-3-10(12)15-11(9-5-6-20-8-13(9)19)7-14-16(22-15)23-17(24)21-14/h1-8H,(H2,21,22,23,24). The van der Waals surface area contributed by atoms with Crippen LogP contribution in [0.15, 0.2) is 48.8 Å². The molecule has 4 rings (SSSR count). The van der Waals surface area contributed by atoms with Crippen LogP contribution in [-0.2, 0) is 0 Å². The SMILES string of the molecule is Fc1cnccc1-c1cc2[nH]c(=S)[nH]c2nc1-c1ccccc1F. The van der Waals surface area contributed by atoms with Crippen LogP contribution >= 0.6 is 12.2 Å². The molecule has 0 saturated carbocycles. The quantitative estimate of drug-likeness (QED) is 0.523. The molecule has 0 amide bonds. The van der Waals surface area contributed by atoms with Crippen molar-refractivity contribution in [3.8, 4) is 22.4 Å². The van der Waals surface area contributed by atoms with Gasteiger partial charge >= 0.3 is 0 Å². The van der Waals surface area contributed by atoms with Crippen molar-refractivity contribution in [2.45, 2.75) is 0 Å². The maximum Gasteiger partial charge on any atom is 0.176 e. The van der Waals surface area contributed by atoms with E-state index in [4.69, 9.17) is 12.2 Å². The number of halogens is 2. The molecule has 4 aromatic rings. The van der Waals surface area contributed by atoms with E-state index in [0.29, 0.717) is 27.2 Å². The van der Waals surface area contributed by atoms with Crippen LogP contribution in [0.4, 0.5) is 8.78 Å². The number of benzene rings is 1. The van der Waals surface area contributed by atoms with E-state index >= 15 is 0 Å². The Bertz CT molecular complexity index is 1030. The molecule has 24 heavy (non-hydrogen) atoms. The molecule has 4 nitrogen and oxygen atoms in total. The monoisotopic (exact) mass is 340 g/mol. The van der Waals surface area contributed by atoms with Crippen LogP contribution in [0, 0.1) is 16.4 Å². The molecule has 0 bridgehead atoms. The van der Waals surface area contributed by atoms with Crippen LogP contribution in [-0.4, -0.2) is 19.9 Å². The minimum atomic E-state index is -0.509. The molecule has 0 aliphatic heterocycles. The van der Waals surface area contributed by atoms with Gasteiger partial charge in [-0.3, -0.25) is 4.98 Å². The van der Waals surface area contributed by atoms with Gasteiger partial charge in [-0.2, -0.15) is 0 Å². The Labute approximate surface area is 140 Å². The van der Waals surface area contributed by atoms with Crippen LogP contribution in [0.2, 0.25) is 0 Å². The lowest BCUT2D eigenvalue weighted by atomic mass is 9.99. The van der Waals surface area contributed by atoms with Gasteiger partial charge in [0, 0.05) is 22.9 Å². The van der Waals surface area contributed by atoms with E-state index in [9.17, 15) is 8.78 Å². The molecule has 0 unspecified atom stereocenters. The van der Waals surface area contributed by atoms with Gasteiger partial charge in [0.1, 0.15) is 11.6 Å². The topological polar surface area (TPSA) is 57.4 Å². The summed E-state index contributed by atoms with van der Waals surface area (Å²) in [4.78, 5) is 14.1. The third kappa shape index (κ3) is 2.39. The molecule has 1 aromatic carbocycles. The second kappa shape index (κ2) is 5.61. The van der Waals surface area contributed by atoms with Gasteiger partial charge in [0.05, 0.1) is 17.4 Å². The summed E-state index contributed by atoms with van der Waals surface area (Å²) in [6, 6.07) is 9.48. The second-order valence-corrected chi connectivity index (χ2v) is 5.60. The Morgan fingerprint density at radius 2 is 1.75 bits per heavy atom. The van der Waals surface area contributed by atoms with Gasteiger partial charge in [0.25, 0.3) is 0 Å². The van der Waals surface area contributed by atoms with Gasteiger partial charge in [0.2, 0.25) is 0 Å². The van der Waals surface area contributed by atoms with Crippen molar-refractivity contribution < 1.29 is 8.78 Å². The number of H-pyrrole nitrogens is 2. The zero-order valence-corrected chi connectivity index (χ0v) is 13.0. The van der Waals surface area contributed by atoms with Crippen LogP contribution in [0.3, 0.4) is 0 Å². The van der Waals surface area contributed by atoms with Crippen molar-refractivity contribution in [2.24, 2.45) is 0 Å². The average Bonchev–Trinajstić information content (AvgIpc) is 2.94. The molecule has 0 radical (unpaired) electrons. The van der Waals surface area contributed by atoms with Gasteiger partial charge in [-0.25, -0.2) is 13.8 Å². The fourth-order valence-corrected chi connectivity index (χ4v) is 2.83. The first-order chi connectivity index (χ1) is 11.6. The number of fused-ring (bicyclic) bond motifs is 1. The minimum absolute atomic E-state index is 0.283. The zero-order valence-electron chi connectivity index (χ0n) is 12.2. The lowest BCUT2D eigenvalue weighted by Crippen LogP contribution is -1.95. The summed E-state index contributed by atoms with van der Waals surface area (Å²) in [6.07, 6.45) is 2.59. The Balaban J connectivity index is 2.10. The van der Waals surface area contributed by atoms with Gasteiger partial charge < -0.3 is 9.97 Å². The highest BCUT2D eigenvalue weighted by molar-refractivity contribution is 7.71. The molecular formula is C17H10F2N4S. The molecule has 3 heterocycles. The molecule has 0 saturated heterocycles. The predicted molar refractivity (Wildman–Crippen MR) is 89.9 cm³/mol. The summed E-state index contributed by atoms with van der Waals surface area (Å²) in [5, 5.41) is 0. The molecule has 0 aliphatic carbocycles. The Morgan fingerprint density at radius 1 is 0.917 bits per heavy atom. The van der Waals surface area contributed by atoms with E-state index in [2.05, 4.69) is 19.9 Å². The first-order valence-electron chi connectivity index (χ1n) is 7.11. The molecule has 0 atom stereocenters. The summed E-state index contributed by atoms with van der Waals surface area (Å²) < 4.78 is 28.9. The number of aromatic amines is 2. The molecule has 118 valence electrons. The van der Waals surface area contributed by atoms with E-state index in [1.807, 2.05) is 0 Å². The third-order valence-corrected chi connectivity index (χ3v) is 3.90. The minimum Gasteiger partial charge on any atom is -0.329 e. The van der Waals surface area contributed by atoms with Crippen LogP contribution in [0.5, 0.6) is 0 Å². The van der Waals surface area contributed by atoms with Crippen molar-refractivity contribution in [1.82, 2.24) is 19.9 Å². The van der Waals surface area contributed by atoms with Crippen LogP contribution in [0.1, 0.15) is 0 Å². The van der Waals surface area contributed by atoms with Crippen molar-refractivity contribution >= 4 is 23.4 Å². The normalized spacial score (nSPS) is 11.1. The van der Waals surface area contributed by atoms with Crippen molar-refractivity contribution in [3.05, 3.63) is 65.2 Å². The molecule has 0 spiro atoms. The lowest BCUT2D eigenvalue weighted by molar-refractivity contribution is 0.624. The highest BCUT2D eigenvalue weighted by Crippen LogP contribution is 2.34. The van der Waals surface area contributed by atoms with E-state index < -0.39 is 11.6 Å². The Kier molecular flexibility index (Phi) is 3.42. The van der Waals surface area contributed by atoms with Gasteiger partial charge in [0.15, 0.2) is 10.4 Å². The van der Waals surface area contributed by atoms with Crippen molar-refractivity contribution in [3.63, 3.8) is 0 Å². The summed E-state index contributed by atoms with van der Waals surface area (Å²) in [5.41, 5.74) is 2.46. The van der Waals surface area contributed by atoms with E-state index in [1.165, 1.54) is 18.3 Å². The number of nitrogens with one attached hydrogen (secondary N) is 2. The first-order valence-corrected chi connectivity index (χ1v) is 7.52. The lowest BCUT2D eigenvalue weighted by Gasteiger charge is -2.11. The number of aromatic nitrogens is 4. The largest absolute Gasteiger partial charge is 0.329 e. The Morgan fingerprint density at radius 3 is 2.54 bits per heavy atom. The van der Waals surface area contributed by atoms with Crippen molar-refractivity contribution in [2.75, 3.05) is 0 Å². The van der Waals surface area contributed by atoms with E-state index in [1.54, 1.807) is 24.3 Å². The smallest absolute Gasteiger partial charge is 0.176 e. The summed E-state index contributed by atoms with van der Waals surface area (Å²) in [7, 11) is 0. The fraction of sp³-hybridized carbons (Fsp3) is 0. The molecule has 2 N–H and O–H groups in total. The van der Waals surface area contributed by atoms with E-state index in [0.717, 1.165) is 6.20 Å². The van der Waals surface area contributed by atoms with Crippen molar-refractivity contribution in [1.29, 1.82) is 0 Å². The third-order valence-electron chi connectivity index (χ3n) is 3.69. The molecule has 3 aromatic heterocycles. The summed E-state index contributed by atoms with van der Waals surface area (Å²) in [5.74, 6) is -0.945. The summed E-state index contributed by atoms with van der Waals surface area (Å²) >= 11 is 5.08. The fourth-order valence-electron chi connectivity index (χ4n) is 2.62. The number of imidazole rings is 1. The number of pyridine rings is 2. The highest BCUT2D eigenvalue weighted by Gasteiger charge is 2.17. The van der Waals surface area contributed by atoms with Gasteiger partial charge in [-0.15, -0.1) is 0 Å². The number of hydrogen-bond acceptors (Lipinski definition) is 3. The maximum absolute atomic E-state index is 14.3. The highest BCUT2D eigenvalue weighted by atomic mass is 32.1.